The third kappa shape index (κ3) is 33.0. The molecule has 73 heavy (non-hydrogen) atoms. The SMILES string of the molecule is CCCCC/C=C\C/C=C\CCCCCCCCCCCCOCC(COC1OC(COC2OC(CO)C(O)C(O)C2O)C(O)C(O)C1O)OC(=O)CCCCCCCCCCC/C=C\C/C=C\CCCCC. The molecule has 0 radical (unpaired) electrons. The fourth-order valence-electron chi connectivity index (χ4n) is 9.05. The monoisotopic (exact) mass is 1040 g/mol. The molecule has 426 valence electrons. The van der Waals surface area contributed by atoms with Crippen LogP contribution in [-0.2, 0) is 33.2 Å². The van der Waals surface area contributed by atoms with E-state index in [1.165, 1.54) is 135 Å². The summed E-state index contributed by atoms with van der Waals surface area (Å²) in [6.07, 6.45) is 38.7. The van der Waals surface area contributed by atoms with E-state index in [2.05, 4.69) is 62.5 Å². The minimum Gasteiger partial charge on any atom is -0.457 e. The average Bonchev–Trinajstić information content (AvgIpc) is 3.39. The zero-order valence-electron chi connectivity index (χ0n) is 45.6. The molecule has 0 aromatic rings. The maximum Gasteiger partial charge on any atom is 0.306 e. The van der Waals surface area contributed by atoms with Crippen LogP contribution in [0.2, 0.25) is 0 Å². The van der Waals surface area contributed by atoms with Crippen LogP contribution in [-0.4, -0.2) is 142 Å². The third-order valence-corrected chi connectivity index (χ3v) is 13.8. The van der Waals surface area contributed by atoms with Crippen LogP contribution in [0.25, 0.3) is 0 Å². The molecule has 2 heterocycles. The average molecular weight is 1040 g/mol. The van der Waals surface area contributed by atoms with Crippen molar-refractivity contribution < 1.29 is 69.0 Å². The molecule has 11 unspecified atom stereocenters. The largest absolute Gasteiger partial charge is 0.457 e. The Morgan fingerprint density at radius 2 is 0.849 bits per heavy atom. The number of carbonyl (C=O) groups is 1. The van der Waals surface area contributed by atoms with Gasteiger partial charge in [-0.05, 0) is 77.0 Å². The number of esters is 1. The third-order valence-electron chi connectivity index (χ3n) is 13.8. The first kappa shape index (κ1) is 67.1. The second-order valence-corrected chi connectivity index (χ2v) is 20.5. The summed E-state index contributed by atoms with van der Waals surface area (Å²) in [5.41, 5.74) is 0. The van der Waals surface area contributed by atoms with Crippen molar-refractivity contribution in [2.24, 2.45) is 0 Å². The Morgan fingerprint density at radius 1 is 0.452 bits per heavy atom. The van der Waals surface area contributed by atoms with Gasteiger partial charge in [-0.25, -0.2) is 0 Å². The number of hydrogen-bond acceptors (Lipinski definition) is 14. The van der Waals surface area contributed by atoms with E-state index in [0.29, 0.717) is 13.0 Å². The van der Waals surface area contributed by atoms with Crippen LogP contribution in [0.5, 0.6) is 0 Å². The van der Waals surface area contributed by atoms with Crippen molar-refractivity contribution in [3.63, 3.8) is 0 Å². The van der Waals surface area contributed by atoms with Crippen LogP contribution in [0.4, 0.5) is 0 Å². The molecular formula is C59H106O14. The smallest absolute Gasteiger partial charge is 0.306 e. The van der Waals surface area contributed by atoms with Crippen LogP contribution in [0, 0.1) is 0 Å². The Hall–Kier alpha value is -2.05. The van der Waals surface area contributed by atoms with Crippen LogP contribution in [0.1, 0.15) is 219 Å². The lowest BCUT2D eigenvalue weighted by atomic mass is 9.98. The standard InChI is InChI=1S/C59H106O14/c1-3-5-7-9-11-13-15-17-19-21-23-25-27-29-31-33-35-37-39-41-43-68-45-48(71-51(61)42-40-38-36-34-32-30-28-26-24-22-20-18-16-14-12-10-8-6-4-2)46-69-58-57(67)55(65)53(63)50(73-58)47-70-59-56(66)54(64)52(62)49(44-60)72-59/h11-14,17-20,48-50,52-60,62-67H,3-10,15-16,21-47H2,1-2H3/b13-11-,14-12-,19-17-,20-18-. The molecule has 0 aromatic carbocycles. The number of aliphatic hydroxyl groups excluding tert-OH is 7. The first-order chi connectivity index (χ1) is 35.6. The van der Waals surface area contributed by atoms with Gasteiger partial charge >= 0.3 is 5.97 Å². The van der Waals surface area contributed by atoms with Gasteiger partial charge in [0.15, 0.2) is 12.6 Å². The molecule has 14 heteroatoms. The lowest BCUT2D eigenvalue weighted by molar-refractivity contribution is -0.332. The Kier molecular flexibility index (Phi) is 42.3. The van der Waals surface area contributed by atoms with E-state index < -0.39 is 80.7 Å². The summed E-state index contributed by atoms with van der Waals surface area (Å²) in [5.74, 6) is -0.381. The summed E-state index contributed by atoms with van der Waals surface area (Å²) in [6, 6.07) is 0. The second kappa shape index (κ2) is 46.1. The highest BCUT2D eigenvalue weighted by Crippen LogP contribution is 2.27. The summed E-state index contributed by atoms with van der Waals surface area (Å²) in [6.45, 7) is 3.65. The summed E-state index contributed by atoms with van der Waals surface area (Å²) in [4.78, 5) is 13.1. The highest BCUT2D eigenvalue weighted by atomic mass is 16.7. The summed E-state index contributed by atoms with van der Waals surface area (Å²) in [7, 11) is 0. The van der Waals surface area contributed by atoms with Gasteiger partial charge in [-0.3, -0.25) is 4.79 Å². The van der Waals surface area contributed by atoms with E-state index in [1.807, 2.05) is 0 Å². The van der Waals surface area contributed by atoms with Crippen molar-refractivity contribution in [3.05, 3.63) is 48.6 Å². The van der Waals surface area contributed by atoms with Gasteiger partial charge in [-0.1, -0.05) is 184 Å². The number of carbonyl (C=O) groups excluding carboxylic acids is 1. The Morgan fingerprint density at radius 3 is 1.32 bits per heavy atom. The van der Waals surface area contributed by atoms with Crippen molar-refractivity contribution in [2.75, 3.05) is 33.0 Å². The molecule has 2 saturated heterocycles. The molecule has 0 saturated carbocycles. The molecule has 7 N–H and O–H groups in total. The van der Waals surface area contributed by atoms with Crippen molar-refractivity contribution in [1.82, 2.24) is 0 Å². The maximum absolute atomic E-state index is 13.1. The summed E-state index contributed by atoms with van der Waals surface area (Å²) < 4.78 is 34.4. The molecule has 2 aliphatic rings. The molecule has 2 rings (SSSR count). The van der Waals surface area contributed by atoms with Crippen LogP contribution in [0.3, 0.4) is 0 Å². The van der Waals surface area contributed by atoms with Gasteiger partial charge in [-0.2, -0.15) is 0 Å². The van der Waals surface area contributed by atoms with E-state index in [4.69, 9.17) is 28.4 Å². The molecule has 2 fully saturated rings. The topological polar surface area (TPSA) is 214 Å². The fourth-order valence-corrected chi connectivity index (χ4v) is 9.05. The minimum atomic E-state index is -1.71. The van der Waals surface area contributed by atoms with Crippen LogP contribution >= 0.6 is 0 Å². The molecule has 0 aliphatic carbocycles. The summed E-state index contributed by atoms with van der Waals surface area (Å²) in [5, 5.41) is 72.3. The van der Waals surface area contributed by atoms with Gasteiger partial charge < -0.3 is 64.2 Å². The second-order valence-electron chi connectivity index (χ2n) is 20.5. The number of aliphatic hydroxyl groups is 7. The van der Waals surface area contributed by atoms with E-state index >= 15 is 0 Å². The molecular weight excluding hydrogens is 933 g/mol. The van der Waals surface area contributed by atoms with E-state index in [9.17, 15) is 40.5 Å². The van der Waals surface area contributed by atoms with Gasteiger partial charge in [0.1, 0.15) is 54.9 Å². The van der Waals surface area contributed by atoms with Gasteiger partial charge in [0.05, 0.1) is 26.4 Å². The Labute approximate surface area is 442 Å². The molecule has 14 nitrogen and oxygen atoms in total. The van der Waals surface area contributed by atoms with Crippen molar-refractivity contribution >= 4 is 5.97 Å². The van der Waals surface area contributed by atoms with Crippen LogP contribution in [0.15, 0.2) is 48.6 Å². The van der Waals surface area contributed by atoms with Gasteiger partial charge in [0, 0.05) is 13.0 Å². The molecule has 11 atom stereocenters. The predicted molar refractivity (Wildman–Crippen MR) is 289 cm³/mol. The van der Waals surface area contributed by atoms with E-state index in [1.54, 1.807) is 0 Å². The highest BCUT2D eigenvalue weighted by molar-refractivity contribution is 5.69. The minimum absolute atomic E-state index is 0.0577. The molecule has 0 spiro atoms. The van der Waals surface area contributed by atoms with Crippen molar-refractivity contribution in [3.8, 4) is 0 Å². The maximum atomic E-state index is 13.1. The molecule has 0 aromatic heterocycles. The number of ether oxygens (including phenoxy) is 6. The Bertz CT molecular complexity index is 1390. The molecule has 2 aliphatic heterocycles. The fraction of sp³-hybridized carbons (Fsp3) is 0.847. The highest BCUT2D eigenvalue weighted by Gasteiger charge is 2.47. The zero-order chi connectivity index (χ0) is 53.0. The number of allylic oxidation sites excluding steroid dienone is 8. The molecule has 0 bridgehead atoms. The first-order valence-corrected chi connectivity index (χ1v) is 29.2. The number of hydrogen-bond donors (Lipinski definition) is 7. The van der Waals surface area contributed by atoms with Gasteiger partial charge in [0.25, 0.3) is 0 Å². The number of rotatable bonds is 47. The lowest BCUT2D eigenvalue weighted by Crippen LogP contribution is -2.61. The predicted octanol–water partition coefficient (Wildman–Crippen LogP) is 10.3. The van der Waals surface area contributed by atoms with Gasteiger partial charge in [-0.15, -0.1) is 0 Å². The van der Waals surface area contributed by atoms with E-state index in [-0.39, 0.29) is 25.6 Å². The molecule has 0 amide bonds. The van der Waals surface area contributed by atoms with E-state index in [0.717, 1.165) is 57.8 Å². The van der Waals surface area contributed by atoms with Crippen LogP contribution < -0.4 is 0 Å². The zero-order valence-corrected chi connectivity index (χ0v) is 45.6. The summed E-state index contributed by atoms with van der Waals surface area (Å²) >= 11 is 0. The Balaban J connectivity index is 1.72. The lowest BCUT2D eigenvalue weighted by Gasteiger charge is -2.42. The normalized spacial score (nSPS) is 25.3. The first-order valence-electron chi connectivity index (χ1n) is 29.2. The quantitative estimate of drug-likeness (QED) is 0.0172. The van der Waals surface area contributed by atoms with Gasteiger partial charge in [0.2, 0.25) is 0 Å². The van der Waals surface area contributed by atoms with Crippen molar-refractivity contribution in [1.29, 1.82) is 0 Å². The number of unbranched alkanes of at least 4 members (excludes halogenated alkanes) is 25. The van der Waals surface area contributed by atoms with Crippen molar-refractivity contribution in [2.45, 2.75) is 287 Å².